The summed E-state index contributed by atoms with van der Waals surface area (Å²) in [6, 6.07) is 14.5. The van der Waals surface area contributed by atoms with Crippen LogP contribution in [0.15, 0.2) is 48.5 Å². The molecule has 126 valence electrons. The molecule has 1 saturated heterocycles. The van der Waals surface area contributed by atoms with Crippen molar-refractivity contribution in [1.82, 2.24) is 4.90 Å². The Hall–Kier alpha value is -2.40. The van der Waals surface area contributed by atoms with Gasteiger partial charge in [0, 0.05) is 30.1 Å². The highest BCUT2D eigenvalue weighted by Crippen LogP contribution is 2.27. The third kappa shape index (κ3) is 4.32. The largest absolute Gasteiger partial charge is 0.493 e. The van der Waals surface area contributed by atoms with E-state index in [1.165, 1.54) is 4.90 Å². The molecule has 6 heteroatoms. The van der Waals surface area contributed by atoms with Crippen molar-refractivity contribution in [3.05, 3.63) is 53.6 Å². The first kappa shape index (κ1) is 16.5. The molecule has 0 aromatic heterocycles. The number of likely N-dealkylation sites (tertiary alicyclic amines) is 1. The molecule has 1 N–H and O–H groups in total. The molecule has 24 heavy (non-hydrogen) atoms. The Bertz CT molecular complexity index is 704. The lowest BCUT2D eigenvalue weighted by atomic mass is 10.1. The number of hydrogen-bond donors (Lipinski definition) is 1. The highest BCUT2D eigenvalue weighted by atomic mass is 35.5. The molecule has 1 amide bonds. The van der Waals surface area contributed by atoms with Crippen molar-refractivity contribution >= 4 is 17.7 Å². The minimum absolute atomic E-state index is 0.224. The molecule has 1 aliphatic rings. The van der Waals surface area contributed by atoms with Crippen LogP contribution in [0.1, 0.15) is 6.42 Å². The third-order valence-electron chi connectivity index (χ3n) is 3.90. The van der Waals surface area contributed by atoms with E-state index >= 15 is 0 Å². The molecule has 1 atom stereocenters. The van der Waals surface area contributed by atoms with Gasteiger partial charge < -0.3 is 19.5 Å². The molecule has 0 aliphatic carbocycles. The first-order valence-corrected chi connectivity index (χ1v) is 8.12. The normalized spacial score (nSPS) is 16.9. The van der Waals surface area contributed by atoms with Gasteiger partial charge in [0.1, 0.15) is 17.2 Å². The molecule has 0 saturated carbocycles. The van der Waals surface area contributed by atoms with E-state index in [-0.39, 0.29) is 5.92 Å². The molecule has 5 nitrogen and oxygen atoms in total. The van der Waals surface area contributed by atoms with Crippen molar-refractivity contribution in [3.63, 3.8) is 0 Å². The monoisotopic (exact) mass is 347 g/mol. The molecule has 2 aromatic carbocycles. The van der Waals surface area contributed by atoms with Crippen molar-refractivity contribution in [3.8, 4) is 17.2 Å². The van der Waals surface area contributed by atoms with Crippen molar-refractivity contribution in [2.75, 3.05) is 19.7 Å². The Kier molecular flexibility index (Phi) is 5.11. The second-order valence-corrected chi connectivity index (χ2v) is 6.16. The maximum absolute atomic E-state index is 10.9. The lowest BCUT2D eigenvalue weighted by Gasteiger charge is -2.14. The van der Waals surface area contributed by atoms with Gasteiger partial charge >= 0.3 is 6.09 Å². The van der Waals surface area contributed by atoms with Crippen LogP contribution >= 0.6 is 11.6 Å². The number of nitrogens with zero attached hydrogens (tertiary/aromatic N) is 1. The van der Waals surface area contributed by atoms with E-state index in [4.69, 9.17) is 26.2 Å². The van der Waals surface area contributed by atoms with Crippen molar-refractivity contribution in [2.24, 2.45) is 5.92 Å². The van der Waals surface area contributed by atoms with E-state index in [0.717, 1.165) is 6.42 Å². The Morgan fingerprint density at radius 2 is 1.92 bits per heavy atom. The van der Waals surface area contributed by atoms with Gasteiger partial charge in [0.15, 0.2) is 0 Å². The zero-order chi connectivity index (χ0) is 16.9. The first-order chi connectivity index (χ1) is 11.6. The number of carboxylic acid groups (broad SMARTS) is 1. The summed E-state index contributed by atoms with van der Waals surface area (Å²) < 4.78 is 11.6. The number of rotatable bonds is 5. The van der Waals surface area contributed by atoms with E-state index in [2.05, 4.69) is 0 Å². The molecule has 0 spiro atoms. The van der Waals surface area contributed by atoms with Crippen LogP contribution in [0, 0.1) is 5.92 Å². The minimum atomic E-state index is -0.865. The average molecular weight is 348 g/mol. The zero-order valence-electron chi connectivity index (χ0n) is 13.0. The molecular weight excluding hydrogens is 330 g/mol. The molecule has 3 rings (SSSR count). The van der Waals surface area contributed by atoms with Crippen LogP contribution in [0.25, 0.3) is 0 Å². The van der Waals surface area contributed by atoms with Gasteiger partial charge in [-0.15, -0.1) is 0 Å². The van der Waals surface area contributed by atoms with Crippen LogP contribution < -0.4 is 9.47 Å². The van der Waals surface area contributed by atoms with Gasteiger partial charge in [-0.3, -0.25) is 0 Å². The van der Waals surface area contributed by atoms with Gasteiger partial charge in [0.2, 0.25) is 0 Å². The fourth-order valence-electron chi connectivity index (χ4n) is 2.62. The molecular formula is C18H18ClNO4. The van der Waals surface area contributed by atoms with Crippen LogP contribution in [-0.4, -0.2) is 35.8 Å². The summed E-state index contributed by atoms with van der Waals surface area (Å²) in [6.07, 6.45) is -0.0383. The van der Waals surface area contributed by atoms with Gasteiger partial charge in [-0.1, -0.05) is 17.7 Å². The quantitative estimate of drug-likeness (QED) is 0.864. The highest BCUT2D eigenvalue weighted by molar-refractivity contribution is 6.30. The lowest BCUT2D eigenvalue weighted by Crippen LogP contribution is -2.27. The van der Waals surface area contributed by atoms with Gasteiger partial charge in [-0.25, -0.2) is 4.79 Å². The molecule has 1 fully saturated rings. The summed E-state index contributed by atoms with van der Waals surface area (Å²) in [5.41, 5.74) is 0. The third-order valence-corrected chi connectivity index (χ3v) is 4.15. The van der Waals surface area contributed by atoms with E-state index in [1.54, 1.807) is 24.3 Å². The van der Waals surface area contributed by atoms with Gasteiger partial charge in [-0.2, -0.15) is 0 Å². The minimum Gasteiger partial charge on any atom is -0.493 e. The summed E-state index contributed by atoms with van der Waals surface area (Å²) in [7, 11) is 0. The van der Waals surface area contributed by atoms with E-state index in [9.17, 15) is 4.79 Å². The predicted octanol–water partition coefficient (Wildman–Crippen LogP) is 4.51. The second-order valence-electron chi connectivity index (χ2n) is 5.73. The maximum Gasteiger partial charge on any atom is 0.407 e. The predicted molar refractivity (Wildman–Crippen MR) is 91.2 cm³/mol. The number of ether oxygens (including phenoxy) is 2. The fraction of sp³-hybridized carbons (Fsp3) is 0.278. The summed E-state index contributed by atoms with van der Waals surface area (Å²) in [5, 5.41) is 9.63. The molecule has 2 aromatic rings. The van der Waals surface area contributed by atoms with Gasteiger partial charge in [0.25, 0.3) is 0 Å². The number of benzene rings is 2. The van der Waals surface area contributed by atoms with Crippen molar-refractivity contribution < 1.29 is 19.4 Å². The Balaban J connectivity index is 1.55. The second kappa shape index (κ2) is 7.45. The van der Waals surface area contributed by atoms with Gasteiger partial charge in [0.05, 0.1) is 6.61 Å². The summed E-state index contributed by atoms with van der Waals surface area (Å²) in [5.74, 6) is 2.30. The number of carbonyl (C=O) groups is 1. The fourth-order valence-corrected chi connectivity index (χ4v) is 2.75. The first-order valence-electron chi connectivity index (χ1n) is 7.74. The Morgan fingerprint density at radius 1 is 1.17 bits per heavy atom. The maximum atomic E-state index is 10.9. The van der Waals surface area contributed by atoms with Crippen LogP contribution in [-0.2, 0) is 0 Å². The number of amides is 1. The topological polar surface area (TPSA) is 59.0 Å². The van der Waals surface area contributed by atoms with Crippen LogP contribution in [0.3, 0.4) is 0 Å². The summed E-state index contributed by atoms with van der Waals surface area (Å²) in [6.45, 7) is 1.59. The van der Waals surface area contributed by atoms with Crippen molar-refractivity contribution in [1.29, 1.82) is 0 Å². The van der Waals surface area contributed by atoms with E-state index in [1.807, 2.05) is 24.3 Å². The molecule has 0 bridgehead atoms. The molecule has 1 heterocycles. The molecule has 0 radical (unpaired) electrons. The number of halogens is 1. The Morgan fingerprint density at radius 3 is 2.62 bits per heavy atom. The van der Waals surface area contributed by atoms with E-state index in [0.29, 0.717) is 42.0 Å². The smallest absolute Gasteiger partial charge is 0.407 e. The lowest BCUT2D eigenvalue weighted by molar-refractivity contribution is 0.151. The molecule has 1 aliphatic heterocycles. The number of hydrogen-bond acceptors (Lipinski definition) is 3. The average Bonchev–Trinajstić information content (AvgIpc) is 3.05. The van der Waals surface area contributed by atoms with E-state index < -0.39 is 6.09 Å². The summed E-state index contributed by atoms with van der Waals surface area (Å²) in [4.78, 5) is 12.3. The van der Waals surface area contributed by atoms with Gasteiger partial charge in [-0.05, 0) is 42.8 Å². The zero-order valence-corrected chi connectivity index (χ0v) is 13.8. The van der Waals surface area contributed by atoms with Crippen LogP contribution in [0.5, 0.6) is 17.2 Å². The SMILES string of the molecule is O=C(O)N1CC[C@H](COc2cccc(Oc3ccc(Cl)cc3)c2)C1. The van der Waals surface area contributed by atoms with Crippen LogP contribution in [0.2, 0.25) is 5.02 Å². The summed E-state index contributed by atoms with van der Waals surface area (Å²) >= 11 is 5.86. The van der Waals surface area contributed by atoms with Crippen LogP contribution in [0.4, 0.5) is 4.79 Å². The standard InChI is InChI=1S/C18H18ClNO4/c19-14-4-6-15(7-5-14)24-17-3-1-2-16(10-17)23-12-13-8-9-20(11-13)18(21)22/h1-7,10,13H,8-9,11-12H2,(H,21,22)/t13-/m0/s1. The van der Waals surface area contributed by atoms with Crippen molar-refractivity contribution in [2.45, 2.75) is 6.42 Å². The molecule has 0 unspecified atom stereocenters. The Labute approximate surface area is 145 Å². The highest BCUT2D eigenvalue weighted by Gasteiger charge is 2.26.